The Morgan fingerprint density at radius 3 is 2.30 bits per heavy atom. The van der Waals surface area contributed by atoms with Gasteiger partial charge in [-0.25, -0.2) is 4.98 Å². The van der Waals surface area contributed by atoms with E-state index in [1.807, 2.05) is 29.9 Å². The molecule has 0 spiro atoms. The van der Waals surface area contributed by atoms with E-state index in [1.165, 1.54) is 0 Å². The van der Waals surface area contributed by atoms with Crippen molar-refractivity contribution in [3.05, 3.63) is 42.0 Å². The summed E-state index contributed by atoms with van der Waals surface area (Å²) in [6.07, 6.45) is 3.50. The number of methoxy groups -OCH3 is 2. The second kappa shape index (κ2) is 7.15. The fraction of sp³-hybridized carbons (Fsp3) is 0.375. The lowest BCUT2D eigenvalue weighted by molar-refractivity contribution is -0.122. The summed E-state index contributed by atoms with van der Waals surface area (Å²) in [4.78, 5) is 16.4. The molecule has 3 N–H and O–H groups in total. The summed E-state index contributed by atoms with van der Waals surface area (Å²) in [5, 5.41) is 2.92. The van der Waals surface area contributed by atoms with Crippen LogP contribution in [0.1, 0.15) is 24.4 Å². The van der Waals surface area contributed by atoms with Crippen molar-refractivity contribution in [3.8, 4) is 11.5 Å². The Hall–Kier alpha value is -2.54. The normalized spacial score (nSPS) is 13.3. The molecule has 7 nitrogen and oxygen atoms in total. The quantitative estimate of drug-likeness (QED) is 0.829. The molecule has 1 aromatic heterocycles. The summed E-state index contributed by atoms with van der Waals surface area (Å²) in [5.74, 6) is 1.69. The van der Waals surface area contributed by atoms with E-state index in [9.17, 15) is 4.79 Å². The molecule has 2 rings (SSSR count). The monoisotopic (exact) mass is 318 g/mol. The average Bonchev–Trinajstić information content (AvgIpc) is 2.97. The molecule has 0 fully saturated rings. The number of nitrogens with two attached hydrogens (primary N) is 1. The van der Waals surface area contributed by atoms with Crippen molar-refractivity contribution < 1.29 is 14.3 Å². The first-order chi connectivity index (χ1) is 11.0. The van der Waals surface area contributed by atoms with Gasteiger partial charge >= 0.3 is 0 Å². The first-order valence-electron chi connectivity index (χ1n) is 7.22. The lowest BCUT2D eigenvalue weighted by atomic mass is 10.0. The van der Waals surface area contributed by atoms with Crippen LogP contribution in [0, 0.1) is 0 Å². The molecular formula is C16H22N4O3. The van der Waals surface area contributed by atoms with Crippen molar-refractivity contribution in [1.82, 2.24) is 14.9 Å². The molecule has 0 aliphatic rings. The third-order valence-electron chi connectivity index (χ3n) is 3.52. The van der Waals surface area contributed by atoms with Crippen LogP contribution in [-0.2, 0) is 11.8 Å². The summed E-state index contributed by atoms with van der Waals surface area (Å²) in [7, 11) is 5.02. The van der Waals surface area contributed by atoms with Crippen LogP contribution in [0.5, 0.6) is 11.5 Å². The van der Waals surface area contributed by atoms with Crippen LogP contribution in [0.25, 0.3) is 0 Å². The number of carbonyl (C=O) groups excluding carboxylic acids is 1. The zero-order valence-electron chi connectivity index (χ0n) is 13.7. The highest BCUT2D eigenvalue weighted by atomic mass is 16.5. The van der Waals surface area contributed by atoms with Gasteiger partial charge in [-0.2, -0.15) is 0 Å². The van der Waals surface area contributed by atoms with Crippen LogP contribution in [0.3, 0.4) is 0 Å². The number of carbonyl (C=O) groups is 1. The zero-order chi connectivity index (χ0) is 17.0. The van der Waals surface area contributed by atoms with E-state index in [4.69, 9.17) is 15.2 Å². The summed E-state index contributed by atoms with van der Waals surface area (Å²) >= 11 is 0. The summed E-state index contributed by atoms with van der Waals surface area (Å²) < 4.78 is 12.5. The van der Waals surface area contributed by atoms with Gasteiger partial charge in [0.15, 0.2) is 0 Å². The van der Waals surface area contributed by atoms with E-state index < -0.39 is 12.1 Å². The number of hydrogen-bond donors (Lipinski definition) is 2. The largest absolute Gasteiger partial charge is 0.497 e. The van der Waals surface area contributed by atoms with Gasteiger partial charge < -0.3 is 25.1 Å². The number of nitrogens with one attached hydrogen (secondary N) is 1. The first-order valence-corrected chi connectivity index (χ1v) is 7.22. The third kappa shape index (κ3) is 3.81. The molecule has 0 saturated heterocycles. The van der Waals surface area contributed by atoms with Gasteiger partial charge in [-0.3, -0.25) is 4.79 Å². The summed E-state index contributed by atoms with van der Waals surface area (Å²) in [6, 6.07) is 4.36. The third-order valence-corrected chi connectivity index (χ3v) is 3.52. The van der Waals surface area contributed by atoms with Crippen LogP contribution < -0.4 is 20.5 Å². The van der Waals surface area contributed by atoms with Gasteiger partial charge in [0.05, 0.1) is 20.3 Å². The van der Waals surface area contributed by atoms with Crippen LogP contribution in [0.15, 0.2) is 30.6 Å². The number of nitrogens with zero attached hydrogens (tertiary/aromatic N) is 2. The Balaban J connectivity index is 2.49. The molecule has 0 bridgehead atoms. The van der Waals surface area contributed by atoms with Gasteiger partial charge in [-0.15, -0.1) is 0 Å². The lowest BCUT2D eigenvalue weighted by Gasteiger charge is -2.21. The smallest absolute Gasteiger partial charge is 0.237 e. The van der Waals surface area contributed by atoms with Crippen molar-refractivity contribution in [1.29, 1.82) is 0 Å². The molecule has 0 saturated carbocycles. The molecule has 1 amide bonds. The maximum Gasteiger partial charge on any atom is 0.237 e. The SMILES string of the molecule is COc1cc(OC)cc(C(NC(=O)C(C)N)c2nccn2C)c1. The number of hydrogen-bond acceptors (Lipinski definition) is 5. The second-order valence-corrected chi connectivity index (χ2v) is 5.27. The molecule has 124 valence electrons. The molecule has 2 aromatic rings. The number of ether oxygens (including phenoxy) is 2. The highest BCUT2D eigenvalue weighted by Gasteiger charge is 2.23. The zero-order valence-corrected chi connectivity index (χ0v) is 13.7. The highest BCUT2D eigenvalue weighted by molar-refractivity contribution is 5.81. The van der Waals surface area contributed by atoms with E-state index in [2.05, 4.69) is 10.3 Å². The van der Waals surface area contributed by atoms with Gasteiger partial charge in [0.2, 0.25) is 5.91 Å². The maximum atomic E-state index is 12.1. The number of amides is 1. The molecule has 23 heavy (non-hydrogen) atoms. The predicted molar refractivity (Wildman–Crippen MR) is 86.4 cm³/mol. The van der Waals surface area contributed by atoms with E-state index in [1.54, 1.807) is 33.4 Å². The van der Waals surface area contributed by atoms with E-state index >= 15 is 0 Å². The van der Waals surface area contributed by atoms with Gasteiger partial charge in [-0.1, -0.05) is 0 Å². The topological polar surface area (TPSA) is 91.4 Å². The molecule has 7 heteroatoms. The Morgan fingerprint density at radius 1 is 1.26 bits per heavy atom. The Kier molecular flexibility index (Phi) is 5.23. The molecule has 0 aliphatic carbocycles. The Labute approximate surface area is 135 Å². The molecule has 1 aromatic carbocycles. The van der Waals surface area contributed by atoms with Crippen molar-refractivity contribution in [2.45, 2.75) is 19.0 Å². The van der Waals surface area contributed by atoms with Crippen LogP contribution in [0.2, 0.25) is 0 Å². The summed E-state index contributed by atoms with van der Waals surface area (Å²) in [6.45, 7) is 1.64. The summed E-state index contributed by atoms with van der Waals surface area (Å²) in [5.41, 5.74) is 6.47. The predicted octanol–water partition coefficient (Wildman–Crippen LogP) is 0.990. The number of imidazole rings is 1. The molecule has 0 radical (unpaired) electrons. The second-order valence-electron chi connectivity index (χ2n) is 5.27. The van der Waals surface area contributed by atoms with Crippen LogP contribution in [-0.4, -0.2) is 35.7 Å². The van der Waals surface area contributed by atoms with Gasteiger partial charge in [0.25, 0.3) is 0 Å². The van der Waals surface area contributed by atoms with Gasteiger partial charge in [0.1, 0.15) is 23.4 Å². The number of aromatic nitrogens is 2. The fourth-order valence-corrected chi connectivity index (χ4v) is 2.22. The molecule has 1 heterocycles. The Bertz CT molecular complexity index is 659. The molecule has 2 atom stereocenters. The lowest BCUT2D eigenvalue weighted by Crippen LogP contribution is -2.41. The van der Waals surface area contributed by atoms with Crippen molar-refractivity contribution in [2.24, 2.45) is 12.8 Å². The number of aryl methyl sites for hydroxylation is 1. The minimum Gasteiger partial charge on any atom is -0.497 e. The molecule has 0 aliphatic heterocycles. The van der Waals surface area contributed by atoms with E-state index in [0.29, 0.717) is 17.3 Å². The fourth-order valence-electron chi connectivity index (χ4n) is 2.22. The van der Waals surface area contributed by atoms with Crippen LogP contribution in [0.4, 0.5) is 0 Å². The highest BCUT2D eigenvalue weighted by Crippen LogP contribution is 2.29. The Morgan fingerprint density at radius 2 is 1.87 bits per heavy atom. The number of rotatable bonds is 6. The van der Waals surface area contributed by atoms with Crippen LogP contribution >= 0.6 is 0 Å². The minimum atomic E-state index is -0.620. The van der Waals surface area contributed by atoms with Crippen molar-refractivity contribution in [3.63, 3.8) is 0 Å². The average molecular weight is 318 g/mol. The first kappa shape index (κ1) is 16.8. The van der Waals surface area contributed by atoms with Gasteiger partial charge in [0, 0.05) is 25.5 Å². The van der Waals surface area contributed by atoms with E-state index in [-0.39, 0.29) is 5.91 Å². The van der Waals surface area contributed by atoms with Gasteiger partial charge in [-0.05, 0) is 24.6 Å². The van der Waals surface area contributed by atoms with Crippen molar-refractivity contribution >= 4 is 5.91 Å². The number of benzene rings is 1. The van der Waals surface area contributed by atoms with Crippen molar-refractivity contribution in [2.75, 3.05) is 14.2 Å². The molecule has 2 unspecified atom stereocenters. The minimum absolute atomic E-state index is 0.264. The maximum absolute atomic E-state index is 12.1. The van der Waals surface area contributed by atoms with E-state index in [0.717, 1.165) is 5.56 Å². The standard InChI is InChI=1S/C16H22N4O3/c1-10(17)16(21)19-14(15-18-5-6-20(15)2)11-7-12(22-3)9-13(8-11)23-4/h5-10,14H,17H2,1-4H3,(H,19,21). The molecular weight excluding hydrogens is 296 g/mol.